The quantitative estimate of drug-likeness (QED) is 0.695. The van der Waals surface area contributed by atoms with Gasteiger partial charge in [0.05, 0.1) is 18.8 Å². The highest BCUT2D eigenvalue weighted by molar-refractivity contribution is 5.76. The Labute approximate surface area is 106 Å². The van der Waals surface area contributed by atoms with Crippen molar-refractivity contribution in [3.8, 4) is 0 Å². The van der Waals surface area contributed by atoms with Gasteiger partial charge in [-0.1, -0.05) is 0 Å². The molecule has 3 N–H and O–H groups in total. The predicted molar refractivity (Wildman–Crippen MR) is 57.9 cm³/mol. The molecule has 108 valence electrons. The molecule has 0 spiro atoms. The topological polar surface area (TPSA) is 87.4 Å². The first-order valence-corrected chi connectivity index (χ1v) is 5.33. The van der Waals surface area contributed by atoms with Gasteiger partial charge < -0.3 is 15.5 Å². The summed E-state index contributed by atoms with van der Waals surface area (Å²) in [6, 6.07) is 0.755. The van der Waals surface area contributed by atoms with E-state index in [0.717, 1.165) is 16.9 Å². The number of carbonyl (C=O) groups excluding carboxylic acids is 1. The normalized spacial score (nSPS) is 12.5. The molecule has 0 saturated carbocycles. The molecule has 0 aromatic carbocycles. The largest absolute Gasteiger partial charge is 0.435 e. The molecule has 0 unspecified atom stereocenters. The van der Waals surface area contributed by atoms with E-state index in [1.54, 1.807) is 0 Å². The Morgan fingerprint density at radius 3 is 2.42 bits per heavy atom. The lowest BCUT2D eigenvalue weighted by molar-refractivity contribution is -0.141. The molecule has 1 amide bonds. The summed E-state index contributed by atoms with van der Waals surface area (Å²) in [5.41, 5.74) is -2.32. The molecule has 0 atom stereocenters. The molecule has 0 aliphatic carbocycles. The Hall–Kier alpha value is -1.61. The lowest BCUT2D eigenvalue weighted by atomic mass is 10.1. The second-order valence-electron chi connectivity index (χ2n) is 4.32. The number of nitrogens with one attached hydrogen (secondary N) is 1. The van der Waals surface area contributed by atoms with Crippen molar-refractivity contribution < 1.29 is 28.2 Å². The number of aliphatic hydroxyl groups is 2. The smallest absolute Gasteiger partial charge is 0.394 e. The van der Waals surface area contributed by atoms with E-state index in [-0.39, 0.29) is 0 Å². The van der Waals surface area contributed by atoms with E-state index in [0.29, 0.717) is 0 Å². The van der Waals surface area contributed by atoms with Crippen LogP contribution in [0.2, 0.25) is 0 Å². The third-order valence-corrected chi connectivity index (χ3v) is 2.38. The van der Waals surface area contributed by atoms with Crippen LogP contribution in [0.4, 0.5) is 13.2 Å². The van der Waals surface area contributed by atoms with Crippen LogP contribution in [0.3, 0.4) is 0 Å². The minimum atomic E-state index is -4.56. The molecule has 0 radical (unpaired) electrons. The first-order valence-electron chi connectivity index (χ1n) is 5.33. The van der Waals surface area contributed by atoms with E-state index in [1.165, 1.54) is 6.92 Å². The van der Waals surface area contributed by atoms with Gasteiger partial charge in [-0.3, -0.25) is 9.48 Å². The van der Waals surface area contributed by atoms with Crippen molar-refractivity contribution >= 4 is 5.91 Å². The molecular formula is C10H14F3N3O3. The van der Waals surface area contributed by atoms with Crippen molar-refractivity contribution in [1.29, 1.82) is 0 Å². The zero-order valence-electron chi connectivity index (χ0n) is 10.1. The Morgan fingerprint density at radius 1 is 1.42 bits per heavy atom. The number of rotatable bonds is 5. The van der Waals surface area contributed by atoms with Gasteiger partial charge in [0.1, 0.15) is 6.54 Å². The van der Waals surface area contributed by atoms with Crippen LogP contribution in [-0.2, 0) is 17.5 Å². The Balaban J connectivity index is 2.65. The zero-order valence-corrected chi connectivity index (χ0v) is 10.1. The number of aromatic nitrogens is 2. The van der Waals surface area contributed by atoms with Gasteiger partial charge in [0, 0.05) is 6.20 Å². The highest BCUT2D eigenvalue weighted by atomic mass is 19.4. The summed E-state index contributed by atoms with van der Waals surface area (Å²) in [4.78, 5) is 11.5. The summed E-state index contributed by atoms with van der Waals surface area (Å²) >= 11 is 0. The van der Waals surface area contributed by atoms with Gasteiger partial charge in [0.2, 0.25) is 5.91 Å². The van der Waals surface area contributed by atoms with E-state index >= 15 is 0 Å². The number of aliphatic hydroxyl groups excluding tert-OH is 2. The van der Waals surface area contributed by atoms with Crippen LogP contribution in [0, 0.1) is 0 Å². The Morgan fingerprint density at radius 2 is 2.00 bits per heavy atom. The molecule has 1 aromatic heterocycles. The number of hydrogen-bond donors (Lipinski definition) is 3. The molecule has 1 heterocycles. The molecule has 1 aromatic rings. The van der Waals surface area contributed by atoms with Crippen LogP contribution < -0.4 is 5.32 Å². The summed E-state index contributed by atoms with van der Waals surface area (Å²) in [7, 11) is 0. The Kier molecular flexibility index (Phi) is 4.53. The van der Waals surface area contributed by atoms with E-state index < -0.39 is 43.1 Å². The lowest BCUT2D eigenvalue weighted by Gasteiger charge is -2.26. The predicted octanol–water partition coefficient (Wildman–Crippen LogP) is -0.239. The van der Waals surface area contributed by atoms with Crippen LogP contribution in [0.5, 0.6) is 0 Å². The second kappa shape index (κ2) is 5.57. The molecule has 0 bridgehead atoms. The first kappa shape index (κ1) is 15.4. The van der Waals surface area contributed by atoms with Crippen LogP contribution in [0.15, 0.2) is 12.3 Å². The van der Waals surface area contributed by atoms with Crippen LogP contribution >= 0.6 is 0 Å². The SMILES string of the molecule is CC(CO)(CO)NC(=O)Cn1ccc(C(F)(F)F)n1. The van der Waals surface area contributed by atoms with Crippen LogP contribution in [0.1, 0.15) is 12.6 Å². The summed E-state index contributed by atoms with van der Waals surface area (Å²) < 4.78 is 37.7. The summed E-state index contributed by atoms with van der Waals surface area (Å²) in [5, 5.41) is 23.4. The maximum Gasteiger partial charge on any atom is 0.435 e. The Bertz CT molecular complexity index is 441. The molecule has 9 heteroatoms. The summed E-state index contributed by atoms with van der Waals surface area (Å²) in [5.74, 6) is -0.664. The standard InChI is InChI=1S/C10H14F3N3O3/c1-9(5-17,6-18)14-8(19)4-16-3-2-7(15-16)10(11,12)13/h2-3,17-18H,4-6H2,1H3,(H,14,19). The summed E-state index contributed by atoms with van der Waals surface area (Å²) in [6.45, 7) is -0.0366. The molecule has 1 rings (SSSR count). The first-order chi connectivity index (χ1) is 8.70. The zero-order chi connectivity index (χ0) is 14.7. The number of nitrogens with zero attached hydrogens (tertiary/aromatic N) is 2. The van der Waals surface area contributed by atoms with Gasteiger partial charge >= 0.3 is 6.18 Å². The highest BCUT2D eigenvalue weighted by Gasteiger charge is 2.33. The highest BCUT2D eigenvalue weighted by Crippen LogP contribution is 2.27. The molecule has 0 fully saturated rings. The molecular weight excluding hydrogens is 267 g/mol. The van der Waals surface area contributed by atoms with E-state index in [1.807, 2.05) is 0 Å². The third-order valence-electron chi connectivity index (χ3n) is 2.38. The molecule has 0 aliphatic rings. The minimum Gasteiger partial charge on any atom is -0.394 e. The van der Waals surface area contributed by atoms with E-state index in [2.05, 4.69) is 10.4 Å². The monoisotopic (exact) mass is 281 g/mol. The van der Waals surface area contributed by atoms with Crippen LogP contribution in [0.25, 0.3) is 0 Å². The molecule has 0 aliphatic heterocycles. The number of hydrogen-bond acceptors (Lipinski definition) is 4. The molecule has 0 saturated heterocycles. The number of amides is 1. The van der Waals surface area contributed by atoms with Crippen molar-refractivity contribution in [3.05, 3.63) is 18.0 Å². The van der Waals surface area contributed by atoms with Crippen molar-refractivity contribution in [3.63, 3.8) is 0 Å². The van der Waals surface area contributed by atoms with Gasteiger partial charge in [-0.15, -0.1) is 0 Å². The fourth-order valence-electron chi connectivity index (χ4n) is 1.25. The van der Waals surface area contributed by atoms with Gasteiger partial charge in [0.25, 0.3) is 0 Å². The minimum absolute atomic E-state index is 0.439. The number of halogens is 3. The third kappa shape index (κ3) is 4.21. The lowest BCUT2D eigenvalue weighted by Crippen LogP contribution is -2.52. The van der Waals surface area contributed by atoms with E-state index in [4.69, 9.17) is 10.2 Å². The molecule has 19 heavy (non-hydrogen) atoms. The van der Waals surface area contributed by atoms with Crippen molar-refractivity contribution in [2.45, 2.75) is 25.2 Å². The number of carbonyl (C=O) groups is 1. The fraction of sp³-hybridized carbons (Fsp3) is 0.600. The van der Waals surface area contributed by atoms with Crippen molar-refractivity contribution in [1.82, 2.24) is 15.1 Å². The van der Waals surface area contributed by atoms with Crippen molar-refractivity contribution in [2.75, 3.05) is 13.2 Å². The average molecular weight is 281 g/mol. The van der Waals surface area contributed by atoms with Gasteiger partial charge in [-0.2, -0.15) is 18.3 Å². The molecule has 6 nitrogen and oxygen atoms in total. The maximum absolute atomic E-state index is 12.3. The van der Waals surface area contributed by atoms with Crippen molar-refractivity contribution in [2.24, 2.45) is 0 Å². The summed E-state index contributed by atoms with van der Waals surface area (Å²) in [6.07, 6.45) is -3.54. The van der Waals surface area contributed by atoms with Gasteiger partial charge in [-0.05, 0) is 13.0 Å². The van der Waals surface area contributed by atoms with E-state index in [9.17, 15) is 18.0 Å². The second-order valence-corrected chi connectivity index (χ2v) is 4.32. The average Bonchev–Trinajstić information content (AvgIpc) is 2.76. The van der Waals surface area contributed by atoms with Gasteiger partial charge in [0.15, 0.2) is 5.69 Å². The fourth-order valence-corrected chi connectivity index (χ4v) is 1.25. The van der Waals surface area contributed by atoms with Crippen LogP contribution in [-0.4, -0.2) is 44.7 Å². The maximum atomic E-state index is 12.3. The van der Waals surface area contributed by atoms with Gasteiger partial charge in [-0.25, -0.2) is 0 Å². The number of alkyl halides is 3.